The van der Waals surface area contributed by atoms with E-state index in [1.807, 2.05) is 7.05 Å². The van der Waals surface area contributed by atoms with Gasteiger partial charge in [0.05, 0.1) is 11.3 Å². The topological polar surface area (TPSA) is 80.0 Å². The highest BCUT2D eigenvalue weighted by Gasteiger charge is 2.18. The summed E-state index contributed by atoms with van der Waals surface area (Å²) in [6.07, 6.45) is 5.81. The second-order valence-electron chi connectivity index (χ2n) is 6.22. The van der Waals surface area contributed by atoms with Gasteiger partial charge in [-0.05, 0) is 31.0 Å². The van der Waals surface area contributed by atoms with Crippen LogP contribution >= 0.6 is 27.7 Å². The molecule has 1 amide bonds. The lowest BCUT2D eigenvalue weighted by molar-refractivity contribution is -0.119. The molecular weight excluding hydrogens is 404 g/mol. The Labute approximate surface area is 159 Å². The van der Waals surface area contributed by atoms with Crippen molar-refractivity contribution in [3.8, 4) is 17.1 Å². The van der Waals surface area contributed by atoms with Crippen molar-refractivity contribution in [1.82, 2.24) is 20.1 Å². The van der Waals surface area contributed by atoms with E-state index in [0.717, 1.165) is 17.3 Å². The molecule has 1 aromatic heterocycles. The van der Waals surface area contributed by atoms with Crippen LogP contribution in [0.1, 0.15) is 32.1 Å². The highest BCUT2D eigenvalue weighted by molar-refractivity contribution is 9.10. The minimum atomic E-state index is 0.0340. The zero-order valence-electron chi connectivity index (χ0n) is 14.0. The van der Waals surface area contributed by atoms with Crippen LogP contribution in [0.5, 0.6) is 5.75 Å². The summed E-state index contributed by atoms with van der Waals surface area (Å²) in [7, 11) is 1.83. The second-order valence-corrected chi connectivity index (χ2v) is 8.08. The Morgan fingerprint density at radius 3 is 2.88 bits per heavy atom. The van der Waals surface area contributed by atoms with Gasteiger partial charge in [-0.15, -0.1) is 10.2 Å². The van der Waals surface area contributed by atoms with E-state index in [2.05, 4.69) is 31.4 Å². The summed E-state index contributed by atoms with van der Waals surface area (Å²) in [6, 6.07) is 5.48. The zero-order valence-corrected chi connectivity index (χ0v) is 16.4. The average molecular weight is 425 g/mol. The lowest BCUT2D eigenvalue weighted by Gasteiger charge is -2.22. The summed E-state index contributed by atoms with van der Waals surface area (Å²) in [5, 5.41) is 22.1. The van der Waals surface area contributed by atoms with Crippen molar-refractivity contribution in [3.63, 3.8) is 0 Å². The molecule has 2 N–H and O–H groups in total. The minimum Gasteiger partial charge on any atom is -0.507 e. The van der Waals surface area contributed by atoms with Gasteiger partial charge in [0.15, 0.2) is 11.0 Å². The lowest BCUT2D eigenvalue weighted by atomic mass is 9.95. The number of phenols is 1. The van der Waals surface area contributed by atoms with E-state index in [9.17, 15) is 9.90 Å². The van der Waals surface area contributed by atoms with E-state index in [1.54, 1.807) is 22.8 Å². The predicted octanol–water partition coefficient (Wildman–Crippen LogP) is 3.49. The van der Waals surface area contributed by atoms with Crippen LogP contribution in [0.25, 0.3) is 11.4 Å². The fraction of sp³-hybridized carbons (Fsp3) is 0.471. The highest BCUT2D eigenvalue weighted by atomic mass is 79.9. The standard InChI is InChI=1S/C17H21BrN4O2S/c1-22-16(13-9-11(18)7-8-14(13)23)20-21-17(22)25-10-15(24)19-12-5-3-2-4-6-12/h7-9,12,23H,2-6,10H2,1H3,(H,19,24). The lowest BCUT2D eigenvalue weighted by Crippen LogP contribution is -2.37. The van der Waals surface area contributed by atoms with E-state index >= 15 is 0 Å². The van der Waals surface area contributed by atoms with Crippen molar-refractivity contribution < 1.29 is 9.90 Å². The van der Waals surface area contributed by atoms with Gasteiger partial charge in [-0.1, -0.05) is 47.0 Å². The fourth-order valence-corrected chi connectivity index (χ4v) is 4.09. The van der Waals surface area contributed by atoms with E-state index in [4.69, 9.17) is 0 Å². The summed E-state index contributed by atoms with van der Waals surface area (Å²) in [4.78, 5) is 12.1. The van der Waals surface area contributed by atoms with Crippen LogP contribution in [-0.2, 0) is 11.8 Å². The fourth-order valence-electron chi connectivity index (χ4n) is 3.01. The highest BCUT2D eigenvalue weighted by Crippen LogP contribution is 2.32. The van der Waals surface area contributed by atoms with E-state index in [-0.39, 0.29) is 11.7 Å². The first-order valence-corrected chi connectivity index (χ1v) is 10.1. The Bertz CT molecular complexity index is 759. The van der Waals surface area contributed by atoms with Crippen LogP contribution in [0.3, 0.4) is 0 Å². The summed E-state index contributed by atoms with van der Waals surface area (Å²) in [5.41, 5.74) is 0.600. The minimum absolute atomic E-state index is 0.0340. The molecule has 0 aliphatic heterocycles. The number of aromatic hydroxyl groups is 1. The predicted molar refractivity (Wildman–Crippen MR) is 102 cm³/mol. The smallest absolute Gasteiger partial charge is 0.230 e. The van der Waals surface area contributed by atoms with Crippen LogP contribution in [0.15, 0.2) is 27.8 Å². The van der Waals surface area contributed by atoms with E-state index in [0.29, 0.717) is 28.3 Å². The maximum absolute atomic E-state index is 12.1. The third kappa shape index (κ3) is 4.55. The number of amides is 1. The number of hydrogen-bond acceptors (Lipinski definition) is 5. The van der Waals surface area contributed by atoms with E-state index < -0.39 is 0 Å². The summed E-state index contributed by atoms with van der Waals surface area (Å²) in [5.74, 6) is 1.05. The largest absolute Gasteiger partial charge is 0.507 e. The van der Waals surface area contributed by atoms with Gasteiger partial charge in [0, 0.05) is 17.6 Å². The van der Waals surface area contributed by atoms with Gasteiger partial charge >= 0.3 is 0 Å². The monoisotopic (exact) mass is 424 g/mol. The number of halogens is 1. The molecule has 0 saturated heterocycles. The molecule has 3 rings (SSSR count). The van der Waals surface area contributed by atoms with Crippen LogP contribution in [0.2, 0.25) is 0 Å². The van der Waals surface area contributed by atoms with Crippen LogP contribution in [-0.4, -0.2) is 37.6 Å². The van der Waals surface area contributed by atoms with E-state index in [1.165, 1.54) is 31.0 Å². The maximum Gasteiger partial charge on any atom is 0.230 e. The number of aromatic nitrogens is 3. The van der Waals surface area contributed by atoms with Crippen molar-refractivity contribution in [2.45, 2.75) is 43.3 Å². The average Bonchev–Trinajstić information content (AvgIpc) is 2.97. The maximum atomic E-state index is 12.1. The molecule has 25 heavy (non-hydrogen) atoms. The number of hydrogen-bond donors (Lipinski definition) is 2. The van der Waals surface area contributed by atoms with Gasteiger partial charge in [-0.2, -0.15) is 0 Å². The molecule has 0 atom stereocenters. The van der Waals surface area contributed by atoms with Crippen molar-refractivity contribution in [3.05, 3.63) is 22.7 Å². The molecule has 2 aromatic rings. The number of benzene rings is 1. The second kappa shape index (κ2) is 8.23. The van der Waals surface area contributed by atoms with Gasteiger partial charge < -0.3 is 15.0 Å². The van der Waals surface area contributed by atoms with Crippen molar-refractivity contribution >= 4 is 33.6 Å². The molecule has 1 saturated carbocycles. The number of rotatable bonds is 5. The molecule has 0 bridgehead atoms. The summed E-state index contributed by atoms with van der Waals surface area (Å²) < 4.78 is 2.64. The Hall–Kier alpha value is -1.54. The summed E-state index contributed by atoms with van der Waals surface area (Å²) >= 11 is 4.75. The van der Waals surface area contributed by atoms with Gasteiger partial charge in [-0.3, -0.25) is 4.79 Å². The van der Waals surface area contributed by atoms with Gasteiger partial charge in [0.25, 0.3) is 0 Å². The number of nitrogens with zero attached hydrogens (tertiary/aromatic N) is 3. The molecule has 0 radical (unpaired) electrons. The third-order valence-corrected chi connectivity index (χ3v) is 5.85. The molecule has 0 unspecified atom stereocenters. The molecule has 134 valence electrons. The normalized spacial score (nSPS) is 15.3. The summed E-state index contributed by atoms with van der Waals surface area (Å²) in [6.45, 7) is 0. The third-order valence-electron chi connectivity index (χ3n) is 4.34. The Morgan fingerprint density at radius 1 is 1.36 bits per heavy atom. The van der Waals surface area contributed by atoms with Gasteiger partial charge in [0.1, 0.15) is 5.75 Å². The molecule has 1 fully saturated rings. The van der Waals surface area contributed by atoms with Crippen LogP contribution < -0.4 is 5.32 Å². The molecule has 6 nitrogen and oxygen atoms in total. The number of carbonyl (C=O) groups excluding carboxylic acids is 1. The first-order chi connectivity index (χ1) is 12.0. The molecule has 1 aromatic carbocycles. The molecule has 1 aliphatic carbocycles. The first-order valence-electron chi connectivity index (χ1n) is 8.35. The Kier molecular flexibility index (Phi) is 6.01. The quantitative estimate of drug-likeness (QED) is 0.717. The number of nitrogens with one attached hydrogen (secondary N) is 1. The first kappa shape index (κ1) is 18.3. The van der Waals surface area contributed by atoms with Gasteiger partial charge in [-0.25, -0.2) is 0 Å². The molecule has 1 heterocycles. The molecule has 1 aliphatic rings. The van der Waals surface area contributed by atoms with Crippen LogP contribution in [0.4, 0.5) is 0 Å². The molecule has 8 heteroatoms. The Morgan fingerprint density at radius 2 is 2.12 bits per heavy atom. The van der Waals surface area contributed by atoms with Gasteiger partial charge in [0.2, 0.25) is 5.91 Å². The number of thioether (sulfide) groups is 1. The number of carbonyl (C=O) groups is 1. The molecule has 0 spiro atoms. The van der Waals surface area contributed by atoms with Crippen molar-refractivity contribution in [2.75, 3.05) is 5.75 Å². The van der Waals surface area contributed by atoms with Crippen molar-refractivity contribution in [2.24, 2.45) is 7.05 Å². The SMILES string of the molecule is Cn1c(SCC(=O)NC2CCCCC2)nnc1-c1cc(Br)ccc1O. The zero-order chi connectivity index (χ0) is 17.8. The number of phenolic OH excluding ortho intramolecular Hbond substituents is 1. The van der Waals surface area contributed by atoms with Crippen LogP contribution in [0, 0.1) is 0 Å². The Balaban J connectivity index is 1.63. The molecular formula is C17H21BrN4O2S. The van der Waals surface area contributed by atoms with Crippen molar-refractivity contribution in [1.29, 1.82) is 0 Å².